The van der Waals surface area contributed by atoms with Crippen LogP contribution in [-0.2, 0) is 11.3 Å². The van der Waals surface area contributed by atoms with Crippen molar-refractivity contribution >= 4 is 12.2 Å². The molecular weight excluding hydrogens is 394 g/mol. The molecule has 0 bridgehead atoms. The minimum absolute atomic E-state index is 0.0503. The molecule has 31 heavy (non-hydrogen) atoms. The van der Waals surface area contributed by atoms with E-state index in [-0.39, 0.29) is 17.6 Å². The highest BCUT2D eigenvalue weighted by atomic mass is 16.5. The fourth-order valence-electron chi connectivity index (χ4n) is 2.92. The summed E-state index contributed by atoms with van der Waals surface area (Å²) in [5.41, 5.74) is 4.82. The fraction of sp³-hybridized carbons (Fsp3) is 0.217. The van der Waals surface area contributed by atoms with Gasteiger partial charge in [0.1, 0.15) is 17.4 Å². The zero-order valence-corrected chi connectivity index (χ0v) is 17.5. The molecule has 0 aliphatic rings. The van der Waals surface area contributed by atoms with Gasteiger partial charge in [-0.25, -0.2) is 10.4 Å². The third-order valence-electron chi connectivity index (χ3n) is 4.21. The van der Waals surface area contributed by atoms with E-state index in [0.29, 0.717) is 17.9 Å². The number of nitrogens with zero attached hydrogens (tertiary/aromatic N) is 3. The van der Waals surface area contributed by atoms with E-state index >= 15 is 0 Å². The predicted molar refractivity (Wildman–Crippen MR) is 119 cm³/mol. The molecule has 8 heteroatoms. The molecule has 0 amide bonds. The highest BCUT2D eigenvalue weighted by Crippen LogP contribution is 2.22. The molecule has 8 nitrogen and oxygen atoms in total. The standard InChI is InChI=1S/C23H23N5O3/c1-15(2)31-20-10-9-16(11-18(20)14-30-3)13-25-28-23-26-21(17-7-5-4-6-8-17)19(12-24)22(29)27-23/h4-11,13,15H,14H2,1-3H3,(H2,26,27,28,29). The van der Waals surface area contributed by atoms with E-state index in [1.807, 2.05) is 56.3 Å². The summed E-state index contributed by atoms with van der Waals surface area (Å²) in [6.45, 7) is 4.33. The lowest BCUT2D eigenvalue weighted by atomic mass is 10.1. The number of benzene rings is 2. The first-order valence-electron chi connectivity index (χ1n) is 9.69. The van der Waals surface area contributed by atoms with Gasteiger partial charge in [-0.15, -0.1) is 0 Å². The minimum Gasteiger partial charge on any atom is -0.491 e. The normalized spacial score (nSPS) is 10.9. The topological polar surface area (TPSA) is 112 Å². The quantitative estimate of drug-likeness (QED) is 0.427. The van der Waals surface area contributed by atoms with Gasteiger partial charge in [0.2, 0.25) is 5.95 Å². The Kier molecular flexibility index (Phi) is 7.14. The SMILES string of the molecule is COCc1cc(C=NNc2nc(-c3ccccc3)c(C#N)c(=O)[nH]2)ccc1OC(C)C. The number of hydrogen-bond donors (Lipinski definition) is 2. The van der Waals surface area contributed by atoms with Gasteiger partial charge in [-0.2, -0.15) is 10.4 Å². The minimum atomic E-state index is -0.536. The Morgan fingerprint density at radius 3 is 2.71 bits per heavy atom. The van der Waals surface area contributed by atoms with Crippen molar-refractivity contribution in [2.24, 2.45) is 5.10 Å². The summed E-state index contributed by atoms with van der Waals surface area (Å²) in [5.74, 6) is 0.892. The van der Waals surface area contributed by atoms with E-state index in [1.54, 1.807) is 25.5 Å². The number of anilines is 1. The molecule has 1 heterocycles. The van der Waals surface area contributed by atoms with Gasteiger partial charge in [0, 0.05) is 18.2 Å². The van der Waals surface area contributed by atoms with Crippen molar-refractivity contribution in [3.8, 4) is 23.1 Å². The second-order valence-electron chi connectivity index (χ2n) is 6.95. The van der Waals surface area contributed by atoms with E-state index in [1.165, 1.54) is 0 Å². The first-order chi connectivity index (χ1) is 15.0. The van der Waals surface area contributed by atoms with Gasteiger partial charge < -0.3 is 9.47 Å². The molecule has 158 valence electrons. The van der Waals surface area contributed by atoms with Crippen LogP contribution < -0.4 is 15.7 Å². The first kappa shape index (κ1) is 21.7. The van der Waals surface area contributed by atoms with Crippen LogP contribution >= 0.6 is 0 Å². The van der Waals surface area contributed by atoms with Crippen LogP contribution in [0.3, 0.4) is 0 Å². The van der Waals surface area contributed by atoms with Crippen LogP contribution in [0, 0.1) is 11.3 Å². The molecular formula is C23H23N5O3. The van der Waals surface area contributed by atoms with Crippen molar-refractivity contribution in [2.45, 2.75) is 26.6 Å². The maximum absolute atomic E-state index is 12.3. The molecule has 0 spiro atoms. The van der Waals surface area contributed by atoms with Crippen molar-refractivity contribution in [1.29, 1.82) is 5.26 Å². The maximum Gasteiger partial charge on any atom is 0.270 e. The molecule has 2 aromatic carbocycles. The van der Waals surface area contributed by atoms with E-state index in [0.717, 1.165) is 16.9 Å². The number of hydrazone groups is 1. The Morgan fingerprint density at radius 1 is 1.26 bits per heavy atom. The molecule has 3 rings (SSSR count). The van der Waals surface area contributed by atoms with Gasteiger partial charge in [-0.05, 0) is 37.6 Å². The van der Waals surface area contributed by atoms with Gasteiger partial charge in [0.15, 0.2) is 0 Å². The molecule has 0 aliphatic carbocycles. The first-order valence-corrected chi connectivity index (χ1v) is 9.69. The predicted octanol–water partition coefficient (Wildman–Crippen LogP) is 3.69. The number of nitrogens with one attached hydrogen (secondary N) is 2. The number of methoxy groups -OCH3 is 1. The summed E-state index contributed by atoms with van der Waals surface area (Å²) < 4.78 is 11.1. The van der Waals surface area contributed by atoms with Crippen molar-refractivity contribution in [1.82, 2.24) is 9.97 Å². The molecule has 0 saturated carbocycles. The van der Waals surface area contributed by atoms with Gasteiger partial charge in [0.05, 0.1) is 24.6 Å². The highest BCUT2D eigenvalue weighted by molar-refractivity contribution is 5.81. The van der Waals surface area contributed by atoms with Crippen LogP contribution in [0.5, 0.6) is 5.75 Å². The second kappa shape index (κ2) is 10.2. The summed E-state index contributed by atoms with van der Waals surface area (Å²) in [6.07, 6.45) is 1.65. The largest absolute Gasteiger partial charge is 0.491 e. The molecule has 0 aliphatic heterocycles. The third kappa shape index (κ3) is 5.56. The van der Waals surface area contributed by atoms with Crippen molar-refractivity contribution in [3.05, 3.63) is 75.6 Å². The number of H-pyrrole nitrogens is 1. The molecule has 0 radical (unpaired) electrons. The van der Waals surface area contributed by atoms with Crippen molar-refractivity contribution < 1.29 is 9.47 Å². The van der Waals surface area contributed by atoms with E-state index in [2.05, 4.69) is 20.5 Å². The molecule has 0 unspecified atom stereocenters. The monoisotopic (exact) mass is 417 g/mol. The van der Waals surface area contributed by atoms with Gasteiger partial charge in [-0.1, -0.05) is 30.3 Å². The van der Waals surface area contributed by atoms with E-state index < -0.39 is 5.56 Å². The zero-order chi connectivity index (χ0) is 22.2. The Bertz CT molecular complexity index is 1160. The molecule has 0 fully saturated rings. The van der Waals surface area contributed by atoms with Gasteiger partial charge in [-0.3, -0.25) is 9.78 Å². The third-order valence-corrected chi connectivity index (χ3v) is 4.21. The number of nitriles is 1. The van der Waals surface area contributed by atoms with Crippen LogP contribution in [0.2, 0.25) is 0 Å². The average Bonchev–Trinajstić information content (AvgIpc) is 2.75. The Morgan fingerprint density at radius 2 is 2.03 bits per heavy atom. The van der Waals surface area contributed by atoms with Gasteiger partial charge >= 0.3 is 0 Å². The van der Waals surface area contributed by atoms with Crippen LogP contribution in [0.15, 0.2) is 58.4 Å². The summed E-state index contributed by atoms with van der Waals surface area (Å²) in [5, 5.41) is 13.5. The highest BCUT2D eigenvalue weighted by Gasteiger charge is 2.13. The molecule has 0 saturated heterocycles. The number of hydrogen-bond acceptors (Lipinski definition) is 7. The summed E-state index contributed by atoms with van der Waals surface area (Å²) in [6, 6.07) is 16.6. The number of ether oxygens (including phenoxy) is 2. The Balaban J connectivity index is 1.84. The smallest absolute Gasteiger partial charge is 0.270 e. The molecule has 1 aromatic heterocycles. The van der Waals surface area contributed by atoms with E-state index in [9.17, 15) is 10.1 Å². The van der Waals surface area contributed by atoms with Crippen LogP contribution in [-0.4, -0.2) is 29.4 Å². The molecule has 3 aromatic rings. The van der Waals surface area contributed by atoms with Crippen molar-refractivity contribution in [2.75, 3.05) is 12.5 Å². The van der Waals surface area contributed by atoms with E-state index in [4.69, 9.17) is 9.47 Å². The fourth-order valence-corrected chi connectivity index (χ4v) is 2.92. The lowest BCUT2D eigenvalue weighted by molar-refractivity contribution is 0.174. The number of rotatable bonds is 8. The number of aromatic nitrogens is 2. The van der Waals surface area contributed by atoms with Gasteiger partial charge in [0.25, 0.3) is 5.56 Å². The van der Waals surface area contributed by atoms with Crippen LogP contribution in [0.25, 0.3) is 11.3 Å². The summed E-state index contributed by atoms with van der Waals surface area (Å²) in [7, 11) is 1.62. The van der Waals surface area contributed by atoms with Crippen molar-refractivity contribution in [3.63, 3.8) is 0 Å². The lowest BCUT2D eigenvalue weighted by Gasteiger charge is -2.14. The van der Waals surface area contributed by atoms with Crippen LogP contribution in [0.4, 0.5) is 5.95 Å². The number of aromatic amines is 1. The lowest BCUT2D eigenvalue weighted by Crippen LogP contribution is -2.16. The molecule has 0 atom stereocenters. The Hall–Kier alpha value is -3.96. The summed E-state index contributed by atoms with van der Waals surface area (Å²) in [4.78, 5) is 19.2. The average molecular weight is 417 g/mol. The molecule has 2 N–H and O–H groups in total. The Labute approximate surface area is 180 Å². The zero-order valence-electron chi connectivity index (χ0n) is 17.5. The van der Waals surface area contributed by atoms with Crippen LogP contribution in [0.1, 0.15) is 30.5 Å². The summed E-state index contributed by atoms with van der Waals surface area (Å²) >= 11 is 0. The second-order valence-corrected chi connectivity index (χ2v) is 6.95. The maximum atomic E-state index is 12.3.